The quantitative estimate of drug-likeness (QED) is 0.462. The van der Waals surface area contributed by atoms with Gasteiger partial charge in [0.25, 0.3) is 0 Å². The van der Waals surface area contributed by atoms with Gasteiger partial charge in [-0.3, -0.25) is 0 Å². The number of benzene rings is 3. The molecule has 27 heavy (non-hydrogen) atoms. The molecule has 0 radical (unpaired) electrons. The monoisotopic (exact) mass is 446 g/mol. The number of hydrogen-bond donors (Lipinski definition) is 0. The van der Waals surface area contributed by atoms with Crippen LogP contribution in [0, 0.1) is 5.82 Å². The Hall–Kier alpha value is -2.04. The van der Waals surface area contributed by atoms with Crippen LogP contribution in [0.15, 0.2) is 65.1 Å². The molecule has 0 aliphatic carbocycles. The molecule has 0 aromatic heterocycles. The summed E-state index contributed by atoms with van der Waals surface area (Å²) < 4.78 is 25.9. The first kappa shape index (κ1) is 18.3. The molecule has 3 aromatic rings. The number of halogens is 3. The Morgan fingerprint density at radius 3 is 2.70 bits per heavy atom. The number of hydrogen-bond acceptors (Lipinski definition) is 2. The molecule has 1 aliphatic heterocycles. The zero-order chi connectivity index (χ0) is 18.8. The first-order chi connectivity index (χ1) is 13.1. The molecule has 1 heterocycles. The van der Waals surface area contributed by atoms with Crippen LogP contribution in [0.1, 0.15) is 16.7 Å². The van der Waals surface area contributed by atoms with Crippen molar-refractivity contribution >= 4 is 27.5 Å². The minimum atomic E-state index is -0.281. The van der Waals surface area contributed by atoms with Crippen molar-refractivity contribution in [3.8, 4) is 11.5 Å². The third-order valence-electron chi connectivity index (χ3n) is 4.53. The fourth-order valence-electron chi connectivity index (χ4n) is 3.16. The van der Waals surface area contributed by atoms with Crippen molar-refractivity contribution in [1.82, 2.24) is 0 Å². The van der Waals surface area contributed by atoms with Crippen LogP contribution in [0.5, 0.6) is 11.5 Å². The minimum absolute atomic E-state index is 0.0954. The first-order valence-corrected chi connectivity index (χ1v) is 9.85. The number of ether oxygens (including phenoxy) is 2. The van der Waals surface area contributed by atoms with E-state index in [2.05, 4.69) is 15.9 Å². The Morgan fingerprint density at radius 1 is 1.07 bits per heavy atom. The molecule has 0 saturated heterocycles. The summed E-state index contributed by atoms with van der Waals surface area (Å²) in [6.45, 7) is 0.424. The number of fused-ring (bicyclic) bond motifs is 1. The van der Waals surface area contributed by atoms with E-state index in [4.69, 9.17) is 21.1 Å². The highest BCUT2D eigenvalue weighted by molar-refractivity contribution is 9.10. The van der Waals surface area contributed by atoms with Crippen LogP contribution in [-0.2, 0) is 12.8 Å². The molecule has 2 nitrogen and oxygen atoms in total. The van der Waals surface area contributed by atoms with Crippen LogP contribution < -0.4 is 9.47 Å². The maximum Gasteiger partial charge on any atom is 0.137 e. The summed E-state index contributed by atoms with van der Waals surface area (Å²) in [5, 5.41) is 0.757. The van der Waals surface area contributed by atoms with Gasteiger partial charge in [0.1, 0.15) is 30.0 Å². The average Bonchev–Trinajstić information content (AvgIpc) is 3.06. The van der Waals surface area contributed by atoms with Crippen molar-refractivity contribution in [2.24, 2.45) is 0 Å². The fraction of sp³-hybridized carbons (Fsp3) is 0.182. The van der Waals surface area contributed by atoms with E-state index in [-0.39, 0.29) is 11.9 Å². The van der Waals surface area contributed by atoms with E-state index in [1.807, 2.05) is 42.5 Å². The number of rotatable bonds is 5. The van der Waals surface area contributed by atoms with E-state index >= 15 is 0 Å². The summed E-state index contributed by atoms with van der Waals surface area (Å²) in [5.41, 5.74) is 3.25. The molecule has 5 heteroatoms. The van der Waals surface area contributed by atoms with Crippen molar-refractivity contribution in [2.45, 2.75) is 18.9 Å². The third-order valence-corrected chi connectivity index (χ3v) is 5.39. The van der Waals surface area contributed by atoms with Crippen LogP contribution in [0.2, 0.25) is 5.02 Å². The molecule has 0 bridgehead atoms. The summed E-state index contributed by atoms with van der Waals surface area (Å²) in [7, 11) is 0. The third kappa shape index (κ3) is 4.45. The van der Waals surface area contributed by atoms with Gasteiger partial charge in [0.05, 0.1) is 0 Å². The lowest BCUT2D eigenvalue weighted by Gasteiger charge is -2.13. The predicted molar refractivity (Wildman–Crippen MR) is 108 cm³/mol. The molecule has 0 N–H and O–H groups in total. The van der Waals surface area contributed by atoms with E-state index in [0.29, 0.717) is 12.4 Å². The Balaban J connectivity index is 1.34. The zero-order valence-corrected chi connectivity index (χ0v) is 16.8. The van der Waals surface area contributed by atoms with Gasteiger partial charge in [-0.1, -0.05) is 45.7 Å². The van der Waals surface area contributed by atoms with Crippen molar-refractivity contribution in [3.63, 3.8) is 0 Å². The van der Waals surface area contributed by atoms with Gasteiger partial charge in [0, 0.05) is 22.0 Å². The molecular weight excluding hydrogens is 431 g/mol. The van der Waals surface area contributed by atoms with Crippen LogP contribution in [0.25, 0.3) is 0 Å². The van der Waals surface area contributed by atoms with Gasteiger partial charge < -0.3 is 9.47 Å². The minimum Gasteiger partial charge on any atom is -0.490 e. The average molecular weight is 448 g/mol. The lowest BCUT2D eigenvalue weighted by molar-refractivity contribution is 0.148. The zero-order valence-electron chi connectivity index (χ0n) is 14.4. The maximum atomic E-state index is 13.3. The van der Waals surface area contributed by atoms with E-state index in [9.17, 15) is 4.39 Å². The molecule has 0 saturated carbocycles. The lowest BCUT2D eigenvalue weighted by Crippen LogP contribution is -2.22. The Bertz CT molecular complexity index is 959. The van der Waals surface area contributed by atoms with Crippen molar-refractivity contribution in [2.75, 3.05) is 6.61 Å². The molecular formula is C22H17BrClFO2. The highest BCUT2D eigenvalue weighted by atomic mass is 79.9. The summed E-state index contributed by atoms with van der Waals surface area (Å²) in [6, 6.07) is 18.5. The predicted octanol–water partition coefficient (Wildman–Crippen LogP) is 6.21. The lowest BCUT2D eigenvalue weighted by atomic mass is 10.0. The van der Waals surface area contributed by atoms with E-state index in [0.717, 1.165) is 44.8 Å². The highest BCUT2D eigenvalue weighted by Gasteiger charge is 2.23. The Kier molecular flexibility index (Phi) is 5.37. The molecule has 1 unspecified atom stereocenters. The SMILES string of the molecule is Fc1ccc2c(c1)OC(COc1ccc(Cc3cc(Br)ccc3Cl)cc1)C2. The summed E-state index contributed by atoms with van der Waals surface area (Å²) in [4.78, 5) is 0. The topological polar surface area (TPSA) is 18.5 Å². The molecule has 0 amide bonds. The second kappa shape index (κ2) is 7.91. The van der Waals surface area contributed by atoms with Gasteiger partial charge in [-0.05, 0) is 59.5 Å². The highest BCUT2D eigenvalue weighted by Crippen LogP contribution is 2.30. The van der Waals surface area contributed by atoms with Crippen LogP contribution >= 0.6 is 27.5 Å². The van der Waals surface area contributed by atoms with Crippen LogP contribution in [0.4, 0.5) is 4.39 Å². The standard InChI is InChI=1S/C22H17BrClFO2/c23-17-4-8-21(24)16(10-17)9-14-1-6-19(7-2-14)26-13-20-11-15-3-5-18(25)12-22(15)27-20/h1-8,10,12,20H,9,11,13H2. The van der Waals surface area contributed by atoms with Gasteiger partial charge in [-0.15, -0.1) is 0 Å². The second-order valence-electron chi connectivity index (χ2n) is 6.56. The molecule has 3 aromatic carbocycles. The van der Waals surface area contributed by atoms with E-state index in [1.54, 1.807) is 6.07 Å². The van der Waals surface area contributed by atoms with Gasteiger partial charge >= 0.3 is 0 Å². The Morgan fingerprint density at radius 2 is 1.89 bits per heavy atom. The summed E-state index contributed by atoms with van der Waals surface area (Å²) in [5.74, 6) is 1.12. The first-order valence-electron chi connectivity index (χ1n) is 8.67. The van der Waals surface area contributed by atoms with Crippen LogP contribution in [-0.4, -0.2) is 12.7 Å². The van der Waals surface area contributed by atoms with Crippen molar-refractivity contribution in [3.05, 3.63) is 92.7 Å². The largest absolute Gasteiger partial charge is 0.490 e. The van der Waals surface area contributed by atoms with E-state index < -0.39 is 0 Å². The van der Waals surface area contributed by atoms with Gasteiger partial charge in [0.2, 0.25) is 0 Å². The second-order valence-corrected chi connectivity index (χ2v) is 7.89. The normalized spacial score (nSPS) is 15.3. The Labute approximate surface area is 171 Å². The van der Waals surface area contributed by atoms with Crippen LogP contribution in [0.3, 0.4) is 0 Å². The molecule has 1 atom stereocenters. The van der Waals surface area contributed by atoms with Gasteiger partial charge in [-0.2, -0.15) is 0 Å². The van der Waals surface area contributed by atoms with Gasteiger partial charge in [-0.25, -0.2) is 4.39 Å². The summed E-state index contributed by atoms with van der Waals surface area (Å²) >= 11 is 9.74. The smallest absolute Gasteiger partial charge is 0.137 e. The fourth-order valence-corrected chi connectivity index (χ4v) is 3.75. The maximum absolute atomic E-state index is 13.3. The molecule has 138 valence electrons. The summed E-state index contributed by atoms with van der Waals surface area (Å²) in [6.07, 6.45) is 1.39. The molecule has 0 fully saturated rings. The van der Waals surface area contributed by atoms with Crippen molar-refractivity contribution < 1.29 is 13.9 Å². The molecule has 0 spiro atoms. The molecule has 4 rings (SSSR count). The molecule has 1 aliphatic rings. The van der Waals surface area contributed by atoms with Gasteiger partial charge in [0.15, 0.2) is 0 Å². The van der Waals surface area contributed by atoms with Crippen molar-refractivity contribution in [1.29, 1.82) is 0 Å². The van der Waals surface area contributed by atoms with E-state index in [1.165, 1.54) is 12.1 Å².